The van der Waals surface area contributed by atoms with E-state index < -0.39 is 0 Å². The molecule has 0 radical (unpaired) electrons. The van der Waals surface area contributed by atoms with E-state index in [-0.39, 0.29) is 24.8 Å². The zero-order valence-corrected chi connectivity index (χ0v) is 9.48. The maximum absolute atomic E-state index is 5.33. The van der Waals surface area contributed by atoms with Crippen LogP contribution in [0.25, 0.3) is 11.0 Å². The van der Waals surface area contributed by atoms with Crippen LogP contribution in [-0.4, -0.2) is 28.6 Å². The van der Waals surface area contributed by atoms with Crippen LogP contribution in [0.15, 0.2) is 18.2 Å². The van der Waals surface area contributed by atoms with Gasteiger partial charge >= 0.3 is 0 Å². The quantitative estimate of drug-likeness (QED) is 0.857. The molecule has 84 valence electrons. The van der Waals surface area contributed by atoms with Crippen molar-refractivity contribution in [1.82, 2.24) is 15.4 Å². The minimum absolute atomic E-state index is 0. The number of nitrogens with zero attached hydrogens (tertiary/aromatic N) is 2. The summed E-state index contributed by atoms with van der Waals surface area (Å²) in [5.74, 6) is 0.770. The molecule has 0 saturated heterocycles. The van der Waals surface area contributed by atoms with E-state index >= 15 is 0 Å². The van der Waals surface area contributed by atoms with Crippen molar-refractivity contribution >= 4 is 35.8 Å². The Labute approximate surface area is 99.2 Å². The maximum Gasteiger partial charge on any atom is 0.121 e. The lowest BCUT2D eigenvalue weighted by molar-refractivity contribution is 0.328. The Morgan fingerprint density at radius 1 is 1.20 bits per heavy atom. The standard InChI is InChI=1S/C8H10N4O.2ClH/c9-3-4-13-6-1-2-7-8(5-6)11-12-10-7;;/h1-2,5H,3-4,9H2,(H,10,11,12);2*1H. The van der Waals surface area contributed by atoms with Gasteiger partial charge in [0, 0.05) is 12.6 Å². The van der Waals surface area contributed by atoms with Gasteiger partial charge < -0.3 is 10.5 Å². The summed E-state index contributed by atoms with van der Waals surface area (Å²) in [6.45, 7) is 1.03. The number of aromatic amines is 1. The van der Waals surface area contributed by atoms with E-state index in [1.54, 1.807) is 0 Å². The monoisotopic (exact) mass is 250 g/mol. The van der Waals surface area contributed by atoms with E-state index in [1.165, 1.54) is 0 Å². The number of halogens is 2. The molecule has 0 spiro atoms. The van der Waals surface area contributed by atoms with Crippen molar-refractivity contribution < 1.29 is 4.74 Å². The predicted octanol–water partition coefficient (Wildman–Crippen LogP) is 1.14. The van der Waals surface area contributed by atoms with Gasteiger partial charge in [-0.3, -0.25) is 0 Å². The lowest BCUT2D eigenvalue weighted by Crippen LogP contribution is -2.10. The molecule has 0 fully saturated rings. The van der Waals surface area contributed by atoms with E-state index in [4.69, 9.17) is 10.5 Å². The molecular weight excluding hydrogens is 239 g/mol. The van der Waals surface area contributed by atoms with Gasteiger partial charge in [-0.25, -0.2) is 0 Å². The number of rotatable bonds is 3. The Hall–Kier alpha value is -1.04. The fraction of sp³-hybridized carbons (Fsp3) is 0.250. The molecule has 1 heterocycles. The highest BCUT2D eigenvalue weighted by molar-refractivity contribution is 5.85. The highest BCUT2D eigenvalue weighted by Gasteiger charge is 1.99. The zero-order chi connectivity index (χ0) is 9.10. The molecule has 0 aliphatic heterocycles. The van der Waals surface area contributed by atoms with Crippen LogP contribution in [-0.2, 0) is 0 Å². The normalized spacial score (nSPS) is 9.13. The summed E-state index contributed by atoms with van der Waals surface area (Å²) in [5, 5.41) is 10.4. The van der Waals surface area contributed by atoms with Crippen LogP contribution in [0.2, 0.25) is 0 Å². The molecule has 5 nitrogen and oxygen atoms in total. The zero-order valence-electron chi connectivity index (χ0n) is 7.84. The lowest BCUT2D eigenvalue weighted by Gasteiger charge is -2.02. The van der Waals surface area contributed by atoms with Gasteiger partial charge in [0.05, 0.1) is 0 Å². The average Bonchev–Trinajstić information content (AvgIpc) is 2.61. The van der Waals surface area contributed by atoms with Gasteiger partial charge in [-0.1, -0.05) is 0 Å². The number of ether oxygens (including phenoxy) is 1. The predicted molar refractivity (Wildman–Crippen MR) is 62.9 cm³/mol. The van der Waals surface area contributed by atoms with Gasteiger partial charge in [-0.2, -0.15) is 15.4 Å². The summed E-state index contributed by atoms with van der Waals surface area (Å²) >= 11 is 0. The fourth-order valence-corrected chi connectivity index (χ4v) is 1.09. The number of benzene rings is 1. The first-order valence-corrected chi connectivity index (χ1v) is 4.03. The number of aromatic nitrogens is 3. The van der Waals surface area contributed by atoms with Crippen molar-refractivity contribution in [3.8, 4) is 5.75 Å². The average molecular weight is 251 g/mol. The van der Waals surface area contributed by atoms with Crippen LogP contribution >= 0.6 is 24.8 Å². The molecule has 0 aliphatic rings. The molecule has 0 aliphatic carbocycles. The summed E-state index contributed by atoms with van der Waals surface area (Å²) in [6, 6.07) is 5.53. The first-order valence-electron chi connectivity index (χ1n) is 4.03. The third-order valence-corrected chi connectivity index (χ3v) is 1.67. The van der Waals surface area contributed by atoms with E-state index in [2.05, 4.69) is 15.4 Å². The molecule has 1 aromatic carbocycles. The molecule has 0 atom stereocenters. The molecule has 0 saturated carbocycles. The van der Waals surface area contributed by atoms with E-state index in [9.17, 15) is 0 Å². The van der Waals surface area contributed by atoms with Gasteiger partial charge in [0.1, 0.15) is 23.4 Å². The molecule has 3 N–H and O–H groups in total. The lowest BCUT2D eigenvalue weighted by atomic mass is 10.3. The topological polar surface area (TPSA) is 76.8 Å². The number of hydrogen-bond acceptors (Lipinski definition) is 4. The van der Waals surface area contributed by atoms with Crippen LogP contribution < -0.4 is 10.5 Å². The number of hydrogen-bond donors (Lipinski definition) is 2. The van der Waals surface area contributed by atoms with E-state index in [0.717, 1.165) is 16.8 Å². The number of fused-ring (bicyclic) bond motifs is 1. The van der Waals surface area contributed by atoms with Gasteiger partial charge in [-0.15, -0.1) is 24.8 Å². The number of nitrogens with one attached hydrogen (secondary N) is 1. The first kappa shape index (κ1) is 14.0. The highest BCUT2D eigenvalue weighted by atomic mass is 35.5. The smallest absolute Gasteiger partial charge is 0.121 e. The summed E-state index contributed by atoms with van der Waals surface area (Å²) < 4.78 is 5.33. The van der Waals surface area contributed by atoms with Crippen LogP contribution in [0, 0.1) is 0 Å². The molecule has 15 heavy (non-hydrogen) atoms. The molecule has 0 amide bonds. The molecular formula is C8H12Cl2N4O. The van der Waals surface area contributed by atoms with Crippen molar-refractivity contribution in [2.24, 2.45) is 5.73 Å². The molecule has 1 aromatic heterocycles. The second-order valence-corrected chi connectivity index (χ2v) is 2.61. The molecule has 0 bridgehead atoms. The van der Waals surface area contributed by atoms with E-state index in [0.29, 0.717) is 13.2 Å². The Morgan fingerprint density at radius 2 is 1.93 bits per heavy atom. The number of H-pyrrole nitrogens is 1. The largest absolute Gasteiger partial charge is 0.492 e. The minimum Gasteiger partial charge on any atom is -0.492 e. The Bertz CT molecular complexity index is 406. The third-order valence-electron chi connectivity index (χ3n) is 1.67. The summed E-state index contributed by atoms with van der Waals surface area (Å²) in [6.07, 6.45) is 0. The van der Waals surface area contributed by atoms with E-state index in [1.807, 2.05) is 18.2 Å². The van der Waals surface area contributed by atoms with Gasteiger partial charge in [0.15, 0.2) is 0 Å². The van der Waals surface area contributed by atoms with Crippen LogP contribution in [0.3, 0.4) is 0 Å². The van der Waals surface area contributed by atoms with Crippen molar-refractivity contribution in [2.75, 3.05) is 13.2 Å². The summed E-state index contributed by atoms with van der Waals surface area (Å²) in [4.78, 5) is 0. The molecule has 7 heteroatoms. The molecule has 2 aromatic rings. The Morgan fingerprint density at radius 3 is 2.67 bits per heavy atom. The fourth-order valence-electron chi connectivity index (χ4n) is 1.09. The van der Waals surface area contributed by atoms with Gasteiger partial charge in [0.25, 0.3) is 0 Å². The maximum atomic E-state index is 5.33. The van der Waals surface area contributed by atoms with Crippen LogP contribution in [0.1, 0.15) is 0 Å². The first-order chi connectivity index (χ1) is 6.40. The van der Waals surface area contributed by atoms with Gasteiger partial charge in [-0.05, 0) is 12.1 Å². The van der Waals surface area contributed by atoms with Crippen molar-refractivity contribution in [3.05, 3.63) is 18.2 Å². The molecule has 2 rings (SSSR count). The second kappa shape index (κ2) is 6.44. The highest BCUT2D eigenvalue weighted by Crippen LogP contribution is 2.16. The third kappa shape index (κ3) is 3.23. The minimum atomic E-state index is 0. The Balaban J connectivity index is 0.000000980. The summed E-state index contributed by atoms with van der Waals surface area (Å²) in [7, 11) is 0. The SMILES string of the molecule is Cl.Cl.NCCOc1ccc2n[nH]nc2c1. The van der Waals surface area contributed by atoms with Crippen LogP contribution in [0.5, 0.6) is 5.75 Å². The van der Waals surface area contributed by atoms with Gasteiger partial charge in [0.2, 0.25) is 0 Å². The second-order valence-electron chi connectivity index (χ2n) is 2.61. The summed E-state index contributed by atoms with van der Waals surface area (Å²) in [5.41, 5.74) is 6.94. The van der Waals surface area contributed by atoms with Crippen LogP contribution in [0.4, 0.5) is 0 Å². The molecule has 0 unspecified atom stereocenters. The Kier molecular flexibility index (Phi) is 6.00. The van der Waals surface area contributed by atoms with Crippen molar-refractivity contribution in [3.63, 3.8) is 0 Å². The van der Waals surface area contributed by atoms with Crippen molar-refractivity contribution in [2.45, 2.75) is 0 Å². The van der Waals surface area contributed by atoms with Crippen molar-refractivity contribution in [1.29, 1.82) is 0 Å². The number of nitrogens with two attached hydrogens (primary N) is 1.